The minimum absolute atomic E-state index is 0.385. The van der Waals surface area contributed by atoms with E-state index in [0.29, 0.717) is 6.10 Å². The number of morpholine rings is 1. The van der Waals surface area contributed by atoms with E-state index in [4.69, 9.17) is 4.74 Å². The lowest BCUT2D eigenvalue weighted by Gasteiger charge is -2.25. The zero-order chi connectivity index (χ0) is 12.6. The van der Waals surface area contributed by atoms with Crippen molar-refractivity contribution in [3.63, 3.8) is 0 Å². The smallest absolute Gasteiger partial charge is 0.0712 e. The summed E-state index contributed by atoms with van der Waals surface area (Å²) in [7, 11) is 2.17. The third-order valence-corrected chi connectivity index (χ3v) is 3.31. The maximum Gasteiger partial charge on any atom is 0.0712 e. The molecule has 0 radical (unpaired) electrons. The van der Waals surface area contributed by atoms with E-state index in [2.05, 4.69) is 28.3 Å². The number of hydrogen-bond acceptors (Lipinski definition) is 4. The van der Waals surface area contributed by atoms with Gasteiger partial charge in [-0.3, -0.25) is 4.98 Å². The lowest BCUT2D eigenvalue weighted by molar-refractivity contribution is 0.0188. The molecule has 1 aromatic rings. The number of rotatable bonds is 6. The van der Waals surface area contributed by atoms with Crippen molar-refractivity contribution in [2.45, 2.75) is 18.9 Å². The second kappa shape index (κ2) is 7.46. The molecule has 1 aliphatic rings. The molecule has 0 amide bonds. The van der Waals surface area contributed by atoms with Crippen LogP contribution in [0, 0.1) is 0 Å². The van der Waals surface area contributed by atoms with Crippen LogP contribution in [0.4, 0.5) is 0 Å². The van der Waals surface area contributed by atoms with Gasteiger partial charge in [0.1, 0.15) is 0 Å². The molecule has 1 fully saturated rings. The second-order valence-corrected chi connectivity index (χ2v) is 4.86. The normalized spacial score (nSPS) is 20.2. The molecular formula is C14H23N3O. The van der Waals surface area contributed by atoms with Gasteiger partial charge in [-0.15, -0.1) is 0 Å². The zero-order valence-electron chi connectivity index (χ0n) is 11.1. The number of nitrogens with zero attached hydrogens (tertiary/aromatic N) is 2. The van der Waals surface area contributed by atoms with Crippen molar-refractivity contribution in [3.8, 4) is 0 Å². The van der Waals surface area contributed by atoms with E-state index in [-0.39, 0.29) is 0 Å². The van der Waals surface area contributed by atoms with Gasteiger partial charge in [0, 0.05) is 44.5 Å². The molecule has 4 nitrogen and oxygen atoms in total. The van der Waals surface area contributed by atoms with Gasteiger partial charge in [0.25, 0.3) is 0 Å². The Morgan fingerprint density at radius 1 is 1.44 bits per heavy atom. The summed E-state index contributed by atoms with van der Waals surface area (Å²) in [5.41, 5.74) is 1.17. The van der Waals surface area contributed by atoms with Gasteiger partial charge in [0.05, 0.1) is 12.7 Å². The van der Waals surface area contributed by atoms with Crippen molar-refractivity contribution in [3.05, 3.63) is 30.1 Å². The molecule has 1 aliphatic heterocycles. The third-order valence-electron chi connectivity index (χ3n) is 3.31. The Hall–Kier alpha value is -0.970. The summed E-state index contributed by atoms with van der Waals surface area (Å²) in [4.78, 5) is 6.69. The van der Waals surface area contributed by atoms with Gasteiger partial charge < -0.3 is 15.0 Å². The summed E-state index contributed by atoms with van der Waals surface area (Å²) < 4.78 is 5.69. The summed E-state index contributed by atoms with van der Waals surface area (Å²) >= 11 is 0. The van der Waals surface area contributed by atoms with Crippen LogP contribution in [0.1, 0.15) is 12.1 Å². The quantitative estimate of drug-likeness (QED) is 0.814. The van der Waals surface area contributed by atoms with Crippen molar-refractivity contribution in [1.82, 2.24) is 15.2 Å². The maximum absolute atomic E-state index is 5.69. The highest BCUT2D eigenvalue weighted by Gasteiger charge is 2.13. The summed E-state index contributed by atoms with van der Waals surface area (Å²) in [5.74, 6) is 0. The van der Waals surface area contributed by atoms with Crippen LogP contribution in [0.25, 0.3) is 0 Å². The van der Waals surface area contributed by atoms with Gasteiger partial charge in [-0.05, 0) is 25.6 Å². The van der Waals surface area contributed by atoms with Crippen LogP contribution in [0.5, 0.6) is 0 Å². The molecule has 1 unspecified atom stereocenters. The molecular weight excluding hydrogens is 226 g/mol. The van der Waals surface area contributed by atoms with Gasteiger partial charge in [-0.1, -0.05) is 6.07 Å². The summed E-state index contributed by atoms with van der Waals surface area (Å²) in [6.07, 6.45) is 4.36. The Labute approximate surface area is 109 Å². The summed E-state index contributed by atoms with van der Waals surface area (Å²) in [6, 6.07) is 6.09. The van der Waals surface area contributed by atoms with Gasteiger partial charge in [0.2, 0.25) is 0 Å². The predicted octanol–water partition coefficient (Wildman–Crippen LogP) is 0.934. The first kappa shape index (κ1) is 13.5. The first-order valence-corrected chi connectivity index (χ1v) is 6.75. The van der Waals surface area contributed by atoms with Crippen LogP contribution in [0.15, 0.2) is 24.4 Å². The molecule has 1 atom stereocenters. The summed E-state index contributed by atoms with van der Waals surface area (Å²) in [6.45, 7) is 4.97. The molecule has 1 aromatic heterocycles. The predicted molar refractivity (Wildman–Crippen MR) is 72.7 cm³/mol. The van der Waals surface area contributed by atoms with Crippen LogP contribution < -0.4 is 5.32 Å². The molecule has 4 heteroatoms. The fourth-order valence-electron chi connectivity index (χ4n) is 2.13. The monoisotopic (exact) mass is 249 g/mol. The maximum atomic E-state index is 5.69. The van der Waals surface area contributed by atoms with E-state index >= 15 is 0 Å². The lowest BCUT2D eigenvalue weighted by atomic mass is 10.2. The molecule has 0 saturated carbocycles. The highest BCUT2D eigenvalue weighted by molar-refractivity contribution is 5.03. The number of nitrogens with one attached hydrogen (secondary N) is 1. The SMILES string of the molecule is CN(CCc1ccccn1)CCC1CNCCO1. The fourth-order valence-corrected chi connectivity index (χ4v) is 2.13. The second-order valence-electron chi connectivity index (χ2n) is 4.86. The zero-order valence-corrected chi connectivity index (χ0v) is 11.1. The van der Waals surface area contributed by atoms with Gasteiger partial charge in [0.15, 0.2) is 0 Å². The van der Waals surface area contributed by atoms with Gasteiger partial charge >= 0.3 is 0 Å². The van der Waals surface area contributed by atoms with Crippen molar-refractivity contribution in [2.24, 2.45) is 0 Å². The first-order chi connectivity index (χ1) is 8.84. The van der Waals surface area contributed by atoms with Crippen molar-refractivity contribution in [2.75, 3.05) is 39.8 Å². The molecule has 1 N–H and O–H groups in total. The van der Waals surface area contributed by atoms with E-state index in [0.717, 1.165) is 45.6 Å². The number of pyridine rings is 1. The molecule has 0 aliphatic carbocycles. The van der Waals surface area contributed by atoms with Crippen molar-refractivity contribution < 1.29 is 4.74 Å². The number of aromatic nitrogens is 1. The average Bonchev–Trinajstić information content (AvgIpc) is 2.45. The Balaban J connectivity index is 1.61. The Kier molecular flexibility index (Phi) is 5.58. The molecule has 18 heavy (non-hydrogen) atoms. The van der Waals surface area contributed by atoms with Crippen molar-refractivity contribution >= 4 is 0 Å². The Bertz CT molecular complexity index is 325. The Morgan fingerprint density at radius 2 is 2.39 bits per heavy atom. The highest BCUT2D eigenvalue weighted by atomic mass is 16.5. The van der Waals surface area contributed by atoms with Crippen LogP contribution in [-0.2, 0) is 11.2 Å². The van der Waals surface area contributed by atoms with Crippen LogP contribution >= 0.6 is 0 Å². The fraction of sp³-hybridized carbons (Fsp3) is 0.643. The van der Waals surface area contributed by atoms with E-state index in [9.17, 15) is 0 Å². The number of ether oxygens (including phenoxy) is 1. The van der Waals surface area contributed by atoms with Crippen LogP contribution in [0.2, 0.25) is 0 Å². The topological polar surface area (TPSA) is 37.4 Å². The van der Waals surface area contributed by atoms with E-state index in [1.165, 1.54) is 5.69 Å². The largest absolute Gasteiger partial charge is 0.376 e. The average molecular weight is 249 g/mol. The van der Waals surface area contributed by atoms with E-state index in [1.807, 2.05) is 18.3 Å². The van der Waals surface area contributed by atoms with Gasteiger partial charge in [-0.25, -0.2) is 0 Å². The molecule has 0 bridgehead atoms. The molecule has 1 saturated heterocycles. The summed E-state index contributed by atoms with van der Waals surface area (Å²) in [5, 5.41) is 3.36. The van der Waals surface area contributed by atoms with Crippen molar-refractivity contribution in [1.29, 1.82) is 0 Å². The molecule has 100 valence electrons. The standard InChI is InChI=1S/C14H23N3O/c1-17(9-5-13-4-2-3-7-16-13)10-6-14-12-15-8-11-18-14/h2-4,7,14-15H,5-6,8-12H2,1H3. The first-order valence-electron chi connectivity index (χ1n) is 6.75. The van der Waals surface area contributed by atoms with E-state index in [1.54, 1.807) is 0 Å². The molecule has 2 heterocycles. The third kappa shape index (κ3) is 4.72. The Morgan fingerprint density at radius 3 is 3.11 bits per heavy atom. The van der Waals surface area contributed by atoms with Gasteiger partial charge in [-0.2, -0.15) is 0 Å². The van der Waals surface area contributed by atoms with Crippen LogP contribution in [0.3, 0.4) is 0 Å². The molecule has 2 rings (SSSR count). The molecule has 0 aromatic carbocycles. The lowest BCUT2D eigenvalue weighted by Crippen LogP contribution is -2.40. The molecule has 0 spiro atoms. The number of hydrogen-bond donors (Lipinski definition) is 1. The minimum atomic E-state index is 0.385. The number of likely N-dealkylation sites (N-methyl/N-ethyl adjacent to an activating group) is 1. The highest BCUT2D eigenvalue weighted by Crippen LogP contribution is 2.03. The van der Waals surface area contributed by atoms with E-state index < -0.39 is 0 Å². The van der Waals surface area contributed by atoms with Crippen LogP contribution in [-0.4, -0.2) is 55.8 Å². The minimum Gasteiger partial charge on any atom is -0.376 e.